The van der Waals surface area contributed by atoms with E-state index in [0.29, 0.717) is 17.4 Å². The van der Waals surface area contributed by atoms with Gasteiger partial charge in [-0.1, -0.05) is 11.6 Å². The quantitative estimate of drug-likeness (QED) is 0.822. The molecule has 1 saturated carbocycles. The number of fused-ring (bicyclic) bond motifs is 1. The third kappa shape index (κ3) is 2.12. The molecule has 0 aromatic carbocycles. The maximum absolute atomic E-state index is 9.91. The number of aryl methyl sites for hydroxylation is 1. The normalized spacial score (nSPS) is 27.3. The summed E-state index contributed by atoms with van der Waals surface area (Å²) >= 11 is 6.11. The molecule has 5 nitrogen and oxygen atoms in total. The molecule has 2 aromatic rings. The van der Waals surface area contributed by atoms with Crippen LogP contribution in [0, 0.1) is 12.8 Å². The van der Waals surface area contributed by atoms with Crippen molar-refractivity contribution >= 4 is 22.6 Å². The lowest BCUT2D eigenvalue weighted by Gasteiger charge is -2.13. The van der Waals surface area contributed by atoms with Crippen LogP contribution in [0.4, 0.5) is 0 Å². The number of nitrogens with zero attached hydrogens (tertiary/aromatic N) is 3. The maximum atomic E-state index is 9.91. The molecule has 1 aliphatic rings. The van der Waals surface area contributed by atoms with Crippen LogP contribution in [-0.4, -0.2) is 37.5 Å². The minimum atomic E-state index is -0.453. The molecular formula is C13H16ClN3O2. The summed E-state index contributed by atoms with van der Waals surface area (Å²) in [6.07, 6.45) is 2.87. The van der Waals surface area contributed by atoms with E-state index in [4.69, 9.17) is 11.6 Å². The van der Waals surface area contributed by atoms with Crippen LogP contribution in [0.25, 0.3) is 11.0 Å². The largest absolute Gasteiger partial charge is 0.396 e. The van der Waals surface area contributed by atoms with Gasteiger partial charge >= 0.3 is 0 Å². The summed E-state index contributed by atoms with van der Waals surface area (Å²) in [7, 11) is 0. The highest BCUT2D eigenvalue weighted by Crippen LogP contribution is 2.37. The summed E-state index contributed by atoms with van der Waals surface area (Å²) in [5.41, 5.74) is 0.799. The van der Waals surface area contributed by atoms with E-state index in [1.807, 2.05) is 23.8 Å². The van der Waals surface area contributed by atoms with Gasteiger partial charge in [-0.05, 0) is 25.8 Å². The molecule has 6 heteroatoms. The number of hydrogen-bond donors (Lipinski definition) is 2. The highest BCUT2D eigenvalue weighted by atomic mass is 35.5. The van der Waals surface area contributed by atoms with Gasteiger partial charge in [0.1, 0.15) is 16.6 Å². The van der Waals surface area contributed by atoms with Crippen LogP contribution in [0.2, 0.25) is 5.15 Å². The molecule has 3 rings (SSSR count). The van der Waals surface area contributed by atoms with Gasteiger partial charge in [-0.3, -0.25) is 0 Å². The first-order valence-electron chi connectivity index (χ1n) is 6.39. The van der Waals surface area contributed by atoms with Gasteiger partial charge in [0.25, 0.3) is 0 Å². The van der Waals surface area contributed by atoms with E-state index in [-0.39, 0.29) is 18.6 Å². The number of hydrogen-bond acceptors (Lipinski definition) is 4. The number of aliphatic hydroxyl groups excluding tert-OH is 2. The molecule has 0 amide bonds. The van der Waals surface area contributed by atoms with Crippen molar-refractivity contribution in [2.45, 2.75) is 31.9 Å². The van der Waals surface area contributed by atoms with E-state index in [2.05, 4.69) is 9.97 Å². The highest BCUT2D eigenvalue weighted by molar-refractivity contribution is 6.33. The van der Waals surface area contributed by atoms with Crippen LogP contribution < -0.4 is 0 Å². The van der Waals surface area contributed by atoms with E-state index in [9.17, 15) is 10.2 Å². The molecule has 1 fully saturated rings. The molecule has 0 radical (unpaired) electrons. The van der Waals surface area contributed by atoms with Gasteiger partial charge in [-0.2, -0.15) is 0 Å². The van der Waals surface area contributed by atoms with Crippen LogP contribution in [0.15, 0.2) is 12.3 Å². The third-order valence-electron chi connectivity index (χ3n) is 3.90. The Morgan fingerprint density at radius 3 is 2.89 bits per heavy atom. The maximum Gasteiger partial charge on any atom is 0.145 e. The average Bonchev–Trinajstić information content (AvgIpc) is 2.92. The average molecular weight is 282 g/mol. The molecular weight excluding hydrogens is 266 g/mol. The predicted molar refractivity (Wildman–Crippen MR) is 72.1 cm³/mol. The van der Waals surface area contributed by atoms with Crippen LogP contribution in [-0.2, 0) is 0 Å². The summed E-state index contributed by atoms with van der Waals surface area (Å²) in [5, 5.41) is 20.4. The standard InChI is InChI=1S/C13H16ClN3O2/c1-7-15-12(14)10-2-3-17(13(10)16-7)9-4-8(6-18)11(19)5-9/h2-3,8-9,11,18-19H,4-6H2,1H3. The van der Waals surface area contributed by atoms with Crippen LogP contribution in [0.5, 0.6) is 0 Å². The van der Waals surface area contributed by atoms with Crippen LogP contribution in [0.1, 0.15) is 24.7 Å². The molecule has 0 saturated heterocycles. The second kappa shape index (κ2) is 4.74. The Morgan fingerprint density at radius 1 is 1.42 bits per heavy atom. The van der Waals surface area contributed by atoms with Crippen molar-refractivity contribution in [1.82, 2.24) is 14.5 Å². The molecule has 1 aliphatic carbocycles. The number of aromatic nitrogens is 3. The minimum absolute atomic E-state index is 0.0195. The van der Waals surface area contributed by atoms with Gasteiger partial charge in [-0.15, -0.1) is 0 Å². The first kappa shape index (κ1) is 12.8. The molecule has 0 aliphatic heterocycles. The Balaban J connectivity index is 2.02. The van der Waals surface area contributed by atoms with Gasteiger partial charge in [-0.25, -0.2) is 9.97 Å². The van der Waals surface area contributed by atoms with Crippen LogP contribution >= 0.6 is 11.6 Å². The molecule has 2 heterocycles. The topological polar surface area (TPSA) is 71.2 Å². The summed E-state index contributed by atoms with van der Waals surface area (Å²) in [5.74, 6) is 0.579. The Kier molecular flexibility index (Phi) is 3.20. The van der Waals surface area contributed by atoms with Crippen molar-refractivity contribution in [2.24, 2.45) is 5.92 Å². The van der Waals surface area contributed by atoms with Gasteiger partial charge < -0.3 is 14.8 Å². The van der Waals surface area contributed by atoms with Crippen molar-refractivity contribution < 1.29 is 10.2 Å². The Bertz CT molecular complexity index is 613. The van der Waals surface area contributed by atoms with Gasteiger partial charge in [0.2, 0.25) is 0 Å². The molecule has 3 unspecified atom stereocenters. The monoisotopic (exact) mass is 281 g/mol. The molecule has 2 aromatic heterocycles. The van der Waals surface area contributed by atoms with Crippen molar-refractivity contribution in [3.63, 3.8) is 0 Å². The van der Waals surface area contributed by atoms with Crippen molar-refractivity contribution in [3.05, 3.63) is 23.2 Å². The lowest BCUT2D eigenvalue weighted by Crippen LogP contribution is -2.16. The third-order valence-corrected chi connectivity index (χ3v) is 4.19. The summed E-state index contributed by atoms with van der Waals surface area (Å²) in [6, 6.07) is 2.05. The Morgan fingerprint density at radius 2 is 2.21 bits per heavy atom. The predicted octanol–water partition coefficient (Wildman–Crippen LogP) is 1.70. The number of rotatable bonds is 2. The van der Waals surface area contributed by atoms with Crippen molar-refractivity contribution in [3.8, 4) is 0 Å². The van der Waals surface area contributed by atoms with Crippen LogP contribution in [0.3, 0.4) is 0 Å². The van der Waals surface area contributed by atoms with Gasteiger partial charge in [0.05, 0.1) is 11.5 Å². The Hall–Kier alpha value is -1.17. The summed E-state index contributed by atoms with van der Waals surface area (Å²) in [6.45, 7) is 1.83. The SMILES string of the molecule is Cc1nc(Cl)c2ccn(C3CC(O)C(CO)C3)c2n1. The molecule has 102 valence electrons. The van der Waals surface area contributed by atoms with Crippen molar-refractivity contribution in [2.75, 3.05) is 6.61 Å². The highest BCUT2D eigenvalue weighted by Gasteiger charge is 2.34. The minimum Gasteiger partial charge on any atom is -0.396 e. The summed E-state index contributed by atoms with van der Waals surface area (Å²) in [4.78, 5) is 8.58. The first-order chi connectivity index (χ1) is 9.10. The lowest BCUT2D eigenvalue weighted by atomic mass is 10.1. The lowest BCUT2D eigenvalue weighted by molar-refractivity contribution is 0.0906. The molecule has 19 heavy (non-hydrogen) atoms. The zero-order chi connectivity index (χ0) is 13.6. The molecule has 3 atom stereocenters. The zero-order valence-electron chi connectivity index (χ0n) is 10.6. The molecule has 0 spiro atoms. The zero-order valence-corrected chi connectivity index (χ0v) is 11.4. The second-order valence-corrected chi connectivity index (χ2v) is 5.52. The smallest absolute Gasteiger partial charge is 0.145 e. The van der Waals surface area contributed by atoms with E-state index in [1.165, 1.54) is 0 Å². The second-order valence-electron chi connectivity index (χ2n) is 5.16. The molecule has 2 N–H and O–H groups in total. The van der Waals surface area contributed by atoms with Gasteiger partial charge in [0, 0.05) is 24.8 Å². The molecule has 0 bridgehead atoms. The number of aliphatic hydroxyl groups is 2. The summed E-state index contributed by atoms with van der Waals surface area (Å²) < 4.78 is 2.04. The fourth-order valence-electron chi connectivity index (χ4n) is 2.89. The number of halogens is 1. The fraction of sp³-hybridized carbons (Fsp3) is 0.538. The van der Waals surface area contributed by atoms with E-state index >= 15 is 0 Å². The van der Waals surface area contributed by atoms with E-state index in [1.54, 1.807) is 0 Å². The van der Waals surface area contributed by atoms with Gasteiger partial charge in [0.15, 0.2) is 0 Å². The van der Waals surface area contributed by atoms with Crippen molar-refractivity contribution in [1.29, 1.82) is 0 Å². The van der Waals surface area contributed by atoms with E-state index in [0.717, 1.165) is 17.5 Å². The first-order valence-corrected chi connectivity index (χ1v) is 6.77. The fourth-order valence-corrected chi connectivity index (χ4v) is 3.16. The Labute approximate surface area is 115 Å². The van der Waals surface area contributed by atoms with E-state index < -0.39 is 6.10 Å².